The molecule has 1 amide bonds. The summed E-state index contributed by atoms with van der Waals surface area (Å²) in [6.45, 7) is 2.42. The molecule has 1 aromatic heterocycles. The normalized spacial score (nSPS) is 28.5. The molecule has 0 unspecified atom stereocenters. The Labute approximate surface area is 187 Å². The Morgan fingerprint density at radius 2 is 1.74 bits per heavy atom. The van der Waals surface area contributed by atoms with Crippen molar-refractivity contribution in [2.24, 2.45) is 23.2 Å². The topological polar surface area (TPSA) is 79.3 Å². The number of hydrogen-bond donors (Lipinski definition) is 2. The number of rotatable bonds is 5. The Balaban J connectivity index is 1.35. The van der Waals surface area contributed by atoms with E-state index < -0.39 is 5.97 Å². The number of carboxylic acid groups (broad SMARTS) is 1. The summed E-state index contributed by atoms with van der Waals surface area (Å²) in [7, 11) is 0. The molecule has 162 valence electrons. The van der Waals surface area contributed by atoms with Crippen molar-refractivity contribution < 1.29 is 14.7 Å². The lowest BCUT2D eigenvalue weighted by atomic mass is 9.49. The Hall–Kier alpha value is -2.40. The van der Waals surface area contributed by atoms with Crippen molar-refractivity contribution >= 4 is 23.5 Å². The molecule has 4 bridgehead atoms. The van der Waals surface area contributed by atoms with Gasteiger partial charge < -0.3 is 10.4 Å². The smallest absolute Gasteiger partial charge is 0.354 e. The fourth-order valence-electron chi connectivity index (χ4n) is 6.63. The molecular weight excluding hydrogens is 412 g/mol. The Bertz CT molecular complexity index is 1030. The summed E-state index contributed by atoms with van der Waals surface area (Å²) in [6, 6.07) is 8.65. The van der Waals surface area contributed by atoms with Crippen LogP contribution in [-0.4, -0.2) is 28.5 Å². The highest BCUT2D eigenvalue weighted by Crippen LogP contribution is 2.59. The molecule has 0 radical (unpaired) electrons. The Morgan fingerprint density at radius 3 is 2.35 bits per heavy atom. The van der Waals surface area contributed by atoms with Crippen molar-refractivity contribution in [3.63, 3.8) is 0 Å². The number of carbonyl (C=O) groups excluding carboxylic acids is 1. The van der Waals surface area contributed by atoms with Crippen LogP contribution in [0.2, 0.25) is 5.02 Å². The number of nitrogens with zero attached hydrogens (tertiary/aromatic N) is 1. The molecule has 4 fully saturated rings. The Morgan fingerprint density at radius 1 is 1.10 bits per heavy atom. The summed E-state index contributed by atoms with van der Waals surface area (Å²) in [6.07, 6.45) is 7.84. The Kier molecular flexibility index (Phi) is 5.04. The number of aromatic carboxylic acids is 1. The molecule has 0 aliphatic heterocycles. The summed E-state index contributed by atoms with van der Waals surface area (Å²) in [4.78, 5) is 28.8. The molecule has 4 saturated carbocycles. The lowest BCUT2D eigenvalue weighted by Crippen LogP contribution is -2.51. The van der Waals surface area contributed by atoms with Crippen molar-refractivity contribution in [1.82, 2.24) is 10.3 Å². The number of hydrogen-bond acceptors (Lipinski definition) is 3. The third-order valence-corrected chi connectivity index (χ3v) is 7.92. The van der Waals surface area contributed by atoms with Gasteiger partial charge in [-0.15, -0.1) is 0 Å². The van der Waals surface area contributed by atoms with Crippen LogP contribution in [0.4, 0.5) is 0 Å². The lowest BCUT2D eigenvalue weighted by molar-refractivity contribution is -0.0503. The predicted octanol–water partition coefficient (Wildman–Crippen LogP) is 5.35. The van der Waals surface area contributed by atoms with E-state index in [-0.39, 0.29) is 17.0 Å². The molecule has 4 aliphatic rings. The minimum absolute atomic E-state index is 0.0141. The number of aryl methyl sites for hydroxylation is 1. The summed E-state index contributed by atoms with van der Waals surface area (Å²) in [5, 5.41) is 12.9. The van der Waals surface area contributed by atoms with Gasteiger partial charge in [-0.3, -0.25) is 4.79 Å². The van der Waals surface area contributed by atoms with E-state index in [1.54, 1.807) is 37.3 Å². The molecule has 0 spiro atoms. The number of carbonyl (C=O) groups is 2. The number of carboxylic acids is 1. The van der Waals surface area contributed by atoms with Gasteiger partial charge in [-0.05, 0) is 92.4 Å². The average Bonchev–Trinajstić information content (AvgIpc) is 2.72. The van der Waals surface area contributed by atoms with Crippen LogP contribution in [-0.2, 0) is 0 Å². The first-order chi connectivity index (χ1) is 14.8. The first-order valence-electron chi connectivity index (χ1n) is 11.1. The van der Waals surface area contributed by atoms with Crippen molar-refractivity contribution in [3.05, 3.63) is 52.2 Å². The largest absolute Gasteiger partial charge is 0.477 e. The molecule has 1 heterocycles. The van der Waals surface area contributed by atoms with Gasteiger partial charge in [0.1, 0.15) is 0 Å². The molecule has 6 heteroatoms. The number of aromatic nitrogens is 1. The van der Waals surface area contributed by atoms with Crippen LogP contribution in [0.1, 0.15) is 64.9 Å². The van der Waals surface area contributed by atoms with Crippen LogP contribution in [0.3, 0.4) is 0 Å². The van der Waals surface area contributed by atoms with Crippen LogP contribution in [0, 0.1) is 30.1 Å². The molecule has 5 nitrogen and oxygen atoms in total. The average molecular weight is 439 g/mol. The fraction of sp³-hybridized carbons (Fsp3) is 0.480. The van der Waals surface area contributed by atoms with Gasteiger partial charge in [0, 0.05) is 12.1 Å². The van der Waals surface area contributed by atoms with Crippen LogP contribution >= 0.6 is 11.6 Å². The van der Waals surface area contributed by atoms with Gasteiger partial charge in [0.2, 0.25) is 0 Å². The zero-order chi connectivity index (χ0) is 21.8. The summed E-state index contributed by atoms with van der Waals surface area (Å²) in [5.74, 6) is 1.28. The lowest BCUT2D eigenvalue weighted by Gasteiger charge is -2.56. The molecule has 2 N–H and O–H groups in total. The predicted molar refractivity (Wildman–Crippen MR) is 119 cm³/mol. The van der Waals surface area contributed by atoms with Crippen LogP contribution in [0.25, 0.3) is 11.3 Å². The molecule has 0 atom stereocenters. The minimum Gasteiger partial charge on any atom is -0.477 e. The van der Waals surface area contributed by atoms with Gasteiger partial charge in [0.15, 0.2) is 5.69 Å². The van der Waals surface area contributed by atoms with Gasteiger partial charge in [0.05, 0.1) is 16.3 Å². The van der Waals surface area contributed by atoms with E-state index in [2.05, 4.69) is 10.3 Å². The molecule has 6 rings (SSSR count). The molecule has 2 aromatic rings. The monoisotopic (exact) mass is 438 g/mol. The third-order valence-electron chi connectivity index (χ3n) is 7.60. The summed E-state index contributed by atoms with van der Waals surface area (Å²) < 4.78 is 0. The van der Waals surface area contributed by atoms with Gasteiger partial charge in [-0.2, -0.15) is 0 Å². The quantitative estimate of drug-likeness (QED) is 0.659. The number of nitrogens with one attached hydrogen (secondary N) is 1. The van der Waals surface area contributed by atoms with E-state index in [1.165, 1.54) is 38.5 Å². The van der Waals surface area contributed by atoms with Crippen molar-refractivity contribution in [2.75, 3.05) is 6.54 Å². The van der Waals surface area contributed by atoms with E-state index in [9.17, 15) is 14.7 Å². The van der Waals surface area contributed by atoms with Crippen molar-refractivity contribution in [1.29, 1.82) is 0 Å². The van der Waals surface area contributed by atoms with Gasteiger partial charge >= 0.3 is 5.97 Å². The second kappa shape index (κ2) is 7.63. The van der Waals surface area contributed by atoms with Crippen molar-refractivity contribution in [3.8, 4) is 11.3 Å². The molecular formula is C25H27ClN2O3. The maximum atomic E-state index is 13.1. The fourth-order valence-corrected chi connectivity index (χ4v) is 6.84. The highest BCUT2D eigenvalue weighted by Gasteiger charge is 2.50. The van der Waals surface area contributed by atoms with E-state index in [0.29, 0.717) is 34.0 Å². The van der Waals surface area contributed by atoms with E-state index in [0.717, 1.165) is 17.8 Å². The maximum Gasteiger partial charge on any atom is 0.354 e. The SMILES string of the molecule is Cc1ccc(-c2ccc(Cl)c(C(=O)NCC34CC5CC(CC(C5)C3)C4)c2)nc1C(=O)O. The second-order valence-electron chi connectivity index (χ2n) is 9.96. The zero-order valence-corrected chi connectivity index (χ0v) is 18.4. The number of amides is 1. The molecule has 4 aliphatic carbocycles. The molecule has 1 aromatic carbocycles. The van der Waals surface area contributed by atoms with E-state index >= 15 is 0 Å². The highest BCUT2D eigenvalue weighted by atomic mass is 35.5. The summed E-state index contributed by atoms with van der Waals surface area (Å²) in [5.41, 5.74) is 2.45. The second-order valence-corrected chi connectivity index (χ2v) is 10.4. The van der Waals surface area contributed by atoms with Crippen LogP contribution < -0.4 is 5.32 Å². The van der Waals surface area contributed by atoms with E-state index in [1.807, 2.05) is 0 Å². The highest BCUT2D eigenvalue weighted by molar-refractivity contribution is 6.34. The number of benzene rings is 1. The standard InChI is InChI=1S/C25H27ClN2O3/c1-14-2-5-21(28-22(14)24(30)31)18-3-4-20(26)19(9-18)23(29)27-13-25-10-15-6-16(11-25)8-17(7-15)12-25/h2-5,9,15-17H,6-8,10-13H2,1H3,(H,27,29)(H,30,31). The van der Waals surface area contributed by atoms with Gasteiger partial charge in [-0.1, -0.05) is 23.7 Å². The summed E-state index contributed by atoms with van der Waals surface area (Å²) >= 11 is 6.36. The van der Waals surface area contributed by atoms with Crippen LogP contribution in [0.5, 0.6) is 0 Å². The van der Waals surface area contributed by atoms with E-state index in [4.69, 9.17) is 11.6 Å². The molecule has 0 saturated heterocycles. The minimum atomic E-state index is -1.07. The first-order valence-corrected chi connectivity index (χ1v) is 11.5. The maximum absolute atomic E-state index is 13.1. The van der Waals surface area contributed by atoms with Gasteiger partial charge in [0.25, 0.3) is 5.91 Å². The number of pyridine rings is 1. The van der Waals surface area contributed by atoms with Crippen LogP contribution in [0.15, 0.2) is 30.3 Å². The molecule has 31 heavy (non-hydrogen) atoms. The first kappa shape index (κ1) is 20.5. The third kappa shape index (κ3) is 3.84. The zero-order valence-electron chi connectivity index (χ0n) is 17.7. The number of halogens is 1. The van der Waals surface area contributed by atoms with Gasteiger partial charge in [-0.25, -0.2) is 9.78 Å². The van der Waals surface area contributed by atoms with Crippen molar-refractivity contribution in [2.45, 2.75) is 45.4 Å².